The van der Waals surface area contributed by atoms with Gasteiger partial charge in [-0.05, 0) is 43.1 Å². The van der Waals surface area contributed by atoms with Gasteiger partial charge in [0.1, 0.15) is 12.2 Å². The molecule has 26 heavy (non-hydrogen) atoms. The average Bonchev–Trinajstić information content (AvgIpc) is 2.90. The third-order valence-electron chi connectivity index (χ3n) is 5.32. The summed E-state index contributed by atoms with van der Waals surface area (Å²) in [6.07, 6.45) is 0.858. The molecule has 5 heteroatoms. The molecule has 1 aromatic rings. The van der Waals surface area contributed by atoms with Gasteiger partial charge in [-0.25, -0.2) is 0 Å². The lowest BCUT2D eigenvalue weighted by Gasteiger charge is -2.37. The molecule has 1 aliphatic rings. The Morgan fingerprint density at radius 1 is 1.31 bits per heavy atom. The summed E-state index contributed by atoms with van der Waals surface area (Å²) in [6, 6.07) is 10.0. The molecule has 0 amide bonds. The van der Waals surface area contributed by atoms with Crippen molar-refractivity contribution in [3.8, 4) is 0 Å². The molecule has 0 aliphatic carbocycles. The van der Waals surface area contributed by atoms with Gasteiger partial charge in [0.15, 0.2) is 14.1 Å². The quantitative estimate of drug-likeness (QED) is 0.735. The van der Waals surface area contributed by atoms with Gasteiger partial charge in [0, 0.05) is 0 Å². The van der Waals surface area contributed by atoms with E-state index in [0.717, 1.165) is 11.1 Å². The van der Waals surface area contributed by atoms with E-state index in [1.165, 1.54) is 0 Å². The molecule has 1 aromatic carbocycles. The van der Waals surface area contributed by atoms with Gasteiger partial charge < -0.3 is 19.0 Å². The molecule has 0 unspecified atom stereocenters. The first-order chi connectivity index (χ1) is 11.9. The Bertz CT molecular complexity index is 617. The standard InChI is InChI=1S/C21H34O4Si/c1-20(2,3)26(6,7)24-14-17(13-16-11-9-8-10-12-16)19(22)18-15-23-21(4,5)25-18/h8-13,18-19,22H,14-15H2,1-7H3/b17-13+/t18-,19+/m1/s1. The van der Waals surface area contributed by atoms with E-state index in [-0.39, 0.29) is 11.1 Å². The van der Waals surface area contributed by atoms with Crippen molar-refractivity contribution < 1.29 is 19.0 Å². The lowest BCUT2D eigenvalue weighted by molar-refractivity contribution is -0.148. The molecule has 0 spiro atoms. The monoisotopic (exact) mass is 378 g/mol. The second kappa shape index (κ2) is 7.95. The van der Waals surface area contributed by atoms with Crippen LogP contribution in [0.4, 0.5) is 0 Å². The van der Waals surface area contributed by atoms with E-state index in [1.807, 2.05) is 50.3 Å². The Morgan fingerprint density at radius 3 is 2.42 bits per heavy atom. The molecule has 1 aliphatic heterocycles. The van der Waals surface area contributed by atoms with Crippen LogP contribution in [0.15, 0.2) is 35.9 Å². The minimum Gasteiger partial charge on any atom is -0.413 e. The molecule has 0 radical (unpaired) electrons. The van der Waals surface area contributed by atoms with Gasteiger partial charge in [-0.2, -0.15) is 0 Å². The molecule has 0 saturated carbocycles. The van der Waals surface area contributed by atoms with Crippen molar-refractivity contribution in [3.05, 3.63) is 41.5 Å². The minimum absolute atomic E-state index is 0.116. The SMILES string of the molecule is CC1(C)OC[C@H]([C@@H](O)/C(=C/c2ccccc2)CO[Si](C)(C)C(C)(C)C)O1. The van der Waals surface area contributed by atoms with Crippen LogP contribution in [0.2, 0.25) is 18.1 Å². The lowest BCUT2D eigenvalue weighted by atomic mass is 10.0. The molecule has 4 nitrogen and oxygen atoms in total. The lowest BCUT2D eigenvalue weighted by Crippen LogP contribution is -2.42. The summed E-state index contributed by atoms with van der Waals surface area (Å²) in [7, 11) is -1.92. The van der Waals surface area contributed by atoms with Crippen molar-refractivity contribution >= 4 is 14.4 Å². The zero-order valence-electron chi connectivity index (χ0n) is 17.2. The van der Waals surface area contributed by atoms with Crippen LogP contribution in [-0.4, -0.2) is 44.6 Å². The molecular formula is C21H34O4Si. The van der Waals surface area contributed by atoms with Crippen molar-refractivity contribution in [3.63, 3.8) is 0 Å². The fourth-order valence-electron chi connectivity index (χ4n) is 2.57. The number of aliphatic hydroxyl groups is 1. The summed E-state index contributed by atoms with van der Waals surface area (Å²) in [5.74, 6) is -0.663. The fourth-order valence-corrected chi connectivity index (χ4v) is 3.53. The third kappa shape index (κ3) is 5.51. The number of hydrogen-bond acceptors (Lipinski definition) is 4. The highest BCUT2D eigenvalue weighted by Crippen LogP contribution is 2.37. The summed E-state index contributed by atoms with van der Waals surface area (Å²) in [4.78, 5) is 0. The largest absolute Gasteiger partial charge is 0.413 e. The fraction of sp³-hybridized carbons (Fsp3) is 0.619. The minimum atomic E-state index is -1.92. The maximum Gasteiger partial charge on any atom is 0.192 e. The molecule has 2 atom stereocenters. The van der Waals surface area contributed by atoms with Gasteiger partial charge in [-0.3, -0.25) is 0 Å². The highest BCUT2D eigenvalue weighted by atomic mass is 28.4. The molecule has 0 bridgehead atoms. The van der Waals surface area contributed by atoms with Crippen molar-refractivity contribution in [2.24, 2.45) is 0 Å². The van der Waals surface area contributed by atoms with Crippen molar-refractivity contribution in [1.29, 1.82) is 0 Å². The number of aliphatic hydroxyl groups excluding tert-OH is 1. The van der Waals surface area contributed by atoms with E-state index in [9.17, 15) is 5.11 Å². The Hall–Kier alpha value is -0.983. The van der Waals surface area contributed by atoms with E-state index >= 15 is 0 Å². The van der Waals surface area contributed by atoms with Crippen molar-refractivity contribution in [1.82, 2.24) is 0 Å². The van der Waals surface area contributed by atoms with Crippen LogP contribution in [0.25, 0.3) is 6.08 Å². The number of rotatable bonds is 6. The van der Waals surface area contributed by atoms with Gasteiger partial charge in [0.05, 0.1) is 13.2 Å². The second-order valence-electron chi connectivity index (χ2n) is 8.99. The first-order valence-corrected chi connectivity index (χ1v) is 12.2. The first kappa shape index (κ1) is 21.3. The van der Waals surface area contributed by atoms with Crippen LogP contribution in [0, 0.1) is 0 Å². The predicted octanol–water partition coefficient (Wildman–Crippen LogP) is 4.60. The Labute approximate surface area is 159 Å². The molecule has 0 aromatic heterocycles. The summed E-state index contributed by atoms with van der Waals surface area (Å²) >= 11 is 0. The van der Waals surface area contributed by atoms with E-state index in [0.29, 0.717) is 13.2 Å². The highest BCUT2D eigenvalue weighted by molar-refractivity contribution is 6.74. The second-order valence-corrected chi connectivity index (χ2v) is 13.8. The van der Waals surface area contributed by atoms with E-state index in [4.69, 9.17) is 13.9 Å². The van der Waals surface area contributed by atoms with Gasteiger partial charge in [0.2, 0.25) is 0 Å². The Morgan fingerprint density at radius 2 is 1.92 bits per heavy atom. The maximum absolute atomic E-state index is 11.0. The maximum atomic E-state index is 11.0. The summed E-state index contributed by atoms with van der Waals surface area (Å²) < 4.78 is 17.9. The van der Waals surface area contributed by atoms with Crippen molar-refractivity contribution in [2.45, 2.75) is 70.7 Å². The van der Waals surface area contributed by atoms with E-state index in [2.05, 4.69) is 33.9 Å². The highest BCUT2D eigenvalue weighted by Gasteiger charge is 2.40. The molecule has 1 fully saturated rings. The van der Waals surface area contributed by atoms with E-state index in [1.54, 1.807) is 0 Å². The predicted molar refractivity (Wildman–Crippen MR) is 108 cm³/mol. The van der Waals surface area contributed by atoms with E-state index < -0.39 is 20.2 Å². The summed E-state index contributed by atoms with van der Waals surface area (Å²) in [5.41, 5.74) is 1.87. The van der Waals surface area contributed by atoms with Gasteiger partial charge >= 0.3 is 0 Å². The zero-order valence-corrected chi connectivity index (χ0v) is 18.2. The topological polar surface area (TPSA) is 47.9 Å². The summed E-state index contributed by atoms with van der Waals surface area (Å²) in [6.45, 7) is 15.6. The molecular weight excluding hydrogens is 344 g/mol. The molecule has 146 valence electrons. The molecule has 1 N–H and O–H groups in total. The first-order valence-electron chi connectivity index (χ1n) is 9.31. The normalized spacial score (nSPS) is 22.5. The number of hydrogen-bond donors (Lipinski definition) is 1. The zero-order chi connectivity index (χ0) is 19.6. The molecule has 1 heterocycles. The van der Waals surface area contributed by atoms with Crippen LogP contribution in [0.5, 0.6) is 0 Å². The van der Waals surface area contributed by atoms with Gasteiger partial charge in [-0.1, -0.05) is 57.2 Å². The van der Waals surface area contributed by atoms with Crippen molar-refractivity contribution in [2.75, 3.05) is 13.2 Å². The number of ether oxygens (including phenoxy) is 2. The smallest absolute Gasteiger partial charge is 0.192 e. The van der Waals surface area contributed by atoms with Crippen LogP contribution in [0.3, 0.4) is 0 Å². The van der Waals surface area contributed by atoms with Crippen LogP contribution in [-0.2, 0) is 13.9 Å². The third-order valence-corrected chi connectivity index (χ3v) is 9.80. The van der Waals surface area contributed by atoms with Crippen LogP contribution in [0.1, 0.15) is 40.2 Å². The Balaban J connectivity index is 2.21. The summed E-state index contributed by atoms with van der Waals surface area (Å²) in [5, 5.41) is 11.1. The van der Waals surface area contributed by atoms with Crippen LogP contribution >= 0.6 is 0 Å². The number of benzene rings is 1. The Kier molecular flexibility index (Phi) is 6.51. The average molecular weight is 379 g/mol. The van der Waals surface area contributed by atoms with Gasteiger partial charge in [-0.15, -0.1) is 0 Å². The van der Waals surface area contributed by atoms with Gasteiger partial charge in [0.25, 0.3) is 0 Å². The molecule has 1 saturated heterocycles. The molecule has 2 rings (SSSR count). The van der Waals surface area contributed by atoms with Crippen LogP contribution < -0.4 is 0 Å².